The Bertz CT molecular complexity index is 214. The molecule has 2 nitrogen and oxygen atoms in total. The molecule has 0 spiro atoms. The summed E-state index contributed by atoms with van der Waals surface area (Å²) in [5, 5.41) is 3.64. The number of rotatable bonds is 5. The molecule has 0 aromatic carbocycles. The second-order valence-corrected chi connectivity index (χ2v) is 4.81. The zero-order valence-corrected chi connectivity index (χ0v) is 9.20. The maximum atomic E-state index is 5.12. The SMILES string of the molecule is COCC(C)CNC1CC2CC=CC21. The van der Waals surface area contributed by atoms with Crippen molar-refractivity contribution >= 4 is 0 Å². The summed E-state index contributed by atoms with van der Waals surface area (Å²) in [6.07, 6.45) is 7.43. The van der Waals surface area contributed by atoms with Crippen molar-refractivity contribution in [3.63, 3.8) is 0 Å². The number of ether oxygens (including phenoxy) is 1. The Morgan fingerprint density at radius 1 is 1.57 bits per heavy atom. The van der Waals surface area contributed by atoms with Crippen molar-refractivity contribution in [3.8, 4) is 0 Å². The van der Waals surface area contributed by atoms with Gasteiger partial charge in [-0.2, -0.15) is 0 Å². The molecule has 0 saturated heterocycles. The zero-order valence-electron chi connectivity index (χ0n) is 9.20. The van der Waals surface area contributed by atoms with E-state index in [-0.39, 0.29) is 0 Å². The summed E-state index contributed by atoms with van der Waals surface area (Å²) in [6, 6.07) is 0.748. The van der Waals surface area contributed by atoms with Crippen LogP contribution in [0.2, 0.25) is 0 Å². The van der Waals surface area contributed by atoms with E-state index in [0.29, 0.717) is 5.92 Å². The minimum atomic E-state index is 0.629. The van der Waals surface area contributed by atoms with Gasteiger partial charge in [-0.1, -0.05) is 19.1 Å². The van der Waals surface area contributed by atoms with Crippen molar-refractivity contribution < 1.29 is 4.74 Å². The number of hydrogen-bond acceptors (Lipinski definition) is 2. The topological polar surface area (TPSA) is 21.3 Å². The van der Waals surface area contributed by atoms with Crippen LogP contribution in [0.4, 0.5) is 0 Å². The van der Waals surface area contributed by atoms with Crippen LogP contribution < -0.4 is 5.32 Å². The van der Waals surface area contributed by atoms with E-state index in [4.69, 9.17) is 4.74 Å². The number of allylic oxidation sites excluding steroid dienone is 1. The Kier molecular flexibility index (Phi) is 3.24. The maximum absolute atomic E-state index is 5.12. The molecule has 0 aliphatic heterocycles. The largest absolute Gasteiger partial charge is 0.384 e. The van der Waals surface area contributed by atoms with Gasteiger partial charge in [-0.25, -0.2) is 0 Å². The fraction of sp³-hybridized carbons (Fsp3) is 0.833. The van der Waals surface area contributed by atoms with Gasteiger partial charge in [-0.05, 0) is 30.6 Å². The van der Waals surface area contributed by atoms with Crippen molar-refractivity contribution in [2.75, 3.05) is 20.3 Å². The van der Waals surface area contributed by atoms with Gasteiger partial charge in [0, 0.05) is 26.3 Å². The lowest BCUT2D eigenvalue weighted by molar-refractivity contribution is 0.131. The lowest BCUT2D eigenvalue weighted by Crippen LogP contribution is -2.49. The van der Waals surface area contributed by atoms with Crippen LogP contribution in [0, 0.1) is 17.8 Å². The molecule has 80 valence electrons. The molecule has 2 aliphatic rings. The van der Waals surface area contributed by atoms with Crippen LogP contribution in [-0.2, 0) is 4.74 Å². The van der Waals surface area contributed by atoms with Crippen LogP contribution in [0.5, 0.6) is 0 Å². The van der Waals surface area contributed by atoms with E-state index in [1.165, 1.54) is 12.8 Å². The Balaban J connectivity index is 1.65. The summed E-state index contributed by atoms with van der Waals surface area (Å²) in [4.78, 5) is 0. The molecule has 0 radical (unpaired) electrons. The predicted molar refractivity (Wildman–Crippen MR) is 58.2 cm³/mol. The summed E-state index contributed by atoms with van der Waals surface area (Å²) in [7, 11) is 1.77. The highest BCUT2D eigenvalue weighted by molar-refractivity contribution is 5.12. The molecule has 2 heteroatoms. The quantitative estimate of drug-likeness (QED) is 0.676. The molecule has 2 rings (SSSR count). The van der Waals surface area contributed by atoms with E-state index in [9.17, 15) is 0 Å². The molecule has 1 N–H and O–H groups in total. The first-order chi connectivity index (χ1) is 6.81. The third-order valence-electron chi connectivity index (χ3n) is 3.54. The summed E-state index contributed by atoms with van der Waals surface area (Å²) in [5.41, 5.74) is 0. The Labute approximate surface area is 86.7 Å². The van der Waals surface area contributed by atoms with Gasteiger partial charge in [0.25, 0.3) is 0 Å². The molecule has 14 heavy (non-hydrogen) atoms. The van der Waals surface area contributed by atoms with E-state index < -0.39 is 0 Å². The van der Waals surface area contributed by atoms with E-state index in [2.05, 4.69) is 24.4 Å². The first-order valence-electron chi connectivity index (χ1n) is 5.70. The predicted octanol–water partition coefficient (Wildman–Crippen LogP) is 1.82. The second kappa shape index (κ2) is 4.45. The molecular formula is C12H21NO. The molecule has 4 unspecified atom stereocenters. The van der Waals surface area contributed by atoms with Crippen molar-refractivity contribution in [1.29, 1.82) is 0 Å². The van der Waals surface area contributed by atoms with Gasteiger partial charge in [0.05, 0.1) is 0 Å². The average molecular weight is 195 g/mol. The van der Waals surface area contributed by atoms with Crippen LogP contribution in [0.15, 0.2) is 12.2 Å². The van der Waals surface area contributed by atoms with Gasteiger partial charge < -0.3 is 10.1 Å². The number of nitrogens with one attached hydrogen (secondary N) is 1. The van der Waals surface area contributed by atoms with E-state index >= 15 is 0 Å². The highest BCUT2D eigenvalue weighted by atomic mass is 16.5. The molecule has 0 aromatic heterocycles. The smallest absolute Gasteiger partial charge is 0.0499 e. The van der Waals surface area contributed by atoms with Gasteiger partial charge in [0.1, 0.15) is 0 Å². The molecule has 0 aromatic rings. The molecule has 4 atom stereocenters. The zero-order chi connectivity index (χ0) is 9.97. The van der Waals surface area contributed by atoms with Crippen LogP contribution in [0.25, 0.3) is 0 Å². The first-order valence-corrected chi connectivity index (χ1v) is 5.70. The molecule has 1 saturated carbocycles. The highest BCUT2D eigenvalue weighted by Crippen LogP contribution is 2.42. The lowest BCUT2D eigenvalue weighted by atomic mass is 9.71. The number of fused-ring (bicyclic) bond motifs is 1. The molecule has 1 fully saturated rings. The number of hydrogen-bond donors (Lipinski definition) is 1. The summed E-state index contributed by atoms with van der Waals surface area (Å²) in [5.74, 6) is 2.43. The van der Waals surface area contributed by atoms with E-state index in [0.717, 1.165) is 31.0 Å². The van der Waals surface area contributed by atoms with Crippen molar-refractivity contribution in [1.82, 2.24) is 5.32 Å². The molecule has 0 amide bonds. The Morgan fingerprint density at radius 2 is 2.43 bits per heavy atom. The van der Waals surface area contributed by atoms with Crippen molar-refractivity contribution in [2.24, 2.45) is 17.8 Å². The standard InChI is InChI=1S/C12H21NO/c1-9(8-14-2)7-13-12-6-10-4-3-5-11(10)12/h3,5,9-13H,4,6-8H2,1-2H3. The monoisotopic (exact) mass is 195 g/mol. The Hall–Kier alpha value is -0.340. The maximum Gasteiger partial charge on any atom is 0.0499 e. The minimum Gasteiger partial charge on any atom is -0.384 e. The second-order valence-electron chi connectivity index (χ2n) is 4.81. The van der Waals surface area contributed by atoms with Crippen LogP contribution in [0.3, 0.4) is 0 Å². The van der Waals surface area contributed by atoms with Crippen LogP contribution >= 0.6 is 0 Å². The molecule has 2 aliphatic carbocycles. The van der Waals surface area contributed by atoms with Crippen LogP contribution in [-0.4, -0.2) is 26.3 Å². The van der Waals surface area contributed by atoms with Gasteiger partial charge in [0.2, 0.25) is 0 Å². The summed E-state index contributed by atoms with van der Waals surface area (Å²) >= 11 is 0. The third-order valence-corrected chi connectivity index (χ3v) is 3.54. The van der Waals surface area contributed by atoms with E-state index in [1.54, 1.807) is 7.11 Å². The van der Waals surface area contributed by atoms with Crippen LogP contribution in [0.1, 0.15) is 19.8 Å². The first kappa shape index (κ1) is 10.2. The lowest BCUT2D eigenvalue weighted by Gasteiger charge is -2.41. The minimum absolute atomic E-state index is 0.629. The van der Waals surface area contributed by atoms with E-state index in [1.807, 2.05) is 0 Å². The van der Waals surface area contributed by atoms with Crippen molar-refractivity contribution in [2.45, 2.75) is 25.8 Å². The highest BCUT2D eigenvalue weighted by Gasteiger charge is 2.40. The fourth-order valence-electron chi connectivity index (χ4n) is 2.64. The summed E-state index contributed by atoms with van der Waals surface area (Å²) in [6.45, 7) is 4.19. The number of methoxy groups -OCH3 is 1. The molecule has 0 bridgehead atoms. The normalized spacial score (nSPS) is 36.6. The Morgan fingerprint density at radius 3 is 3.14 bits per heavy atom. The molecule has 0 heterocycles. The average Bonchev–Trinajstić information content (AvgIpc) is 2.48. The van der Waals surface area contributed by atoms with Gasteiger partial charge in [0.15, 0.2) is 0 Å². The van der Waals surface area contributed by atoms with Gasteiger partial charge in [-0.15, -0.1) is 0 Å². The fourth-order valence-corrected chi connectivity index (χ4v) is 2.64. The van der Waals surface area contributed by atoms with Gasteiger partial charge >= 0.3 is 0 Å². The summed E-state index contributed by atoms with van der Waals surface area (Å²) < 4.78 is 5.12. The molecular weight excluding hydrogens is 174 g/mol. The van der Waals surface area contributed by atoms with Gasteiger partial charge in [-0.3, -0.25) is 0 Å². The van der Waals surface area contributed by atoms with Crippen molar-refractivity contribution in [3.05, 3.63) is 12.2 Å². The third kappa shape index (κ3) is 2.01.